The number of rotatable bonds is 0. The van der Waals surface area contributed by atoms with Crippen LogP contribution < -0.4 is 0 Å². The fourth-order valence-electron chi connectivity index (χ4n) is 0.540. The van der Waals surface area contributed by atoms with Crippen molar-refractivity contribution in [3.8, 4) is 0 Å². The van der Waals surface area contributed by atoms with Gasteiger partial charge in [0.25, 0.3) is 0 Å². The molecule has 0 radical (unpaired) electrons. The van der Waals surface area contributed by atoms with Crippen LogP contribution in [0.2, 0.25) is 0 Å². The van der Waals surface area contributed by atoms with Crippen LogP contribution >= 0.6 is 12.6 Å². The van der Waals surface area contributed by atoms with Gasteiger partial charge in [-0.05, 0) is 6.92 Å². The lowest BCUT2D eigenvalue weighted by Crippen LogP contribution is -2.06. The van der Waals surface area contributed by atoms with Crippen LogP contribution in [0.5, 0.6) is 0 Å². The highest BCUT2D eigenvalue weighted by molar-refractivity contribution is 7.81. The normalized spacial score (nSPS) is 27.5. The summed E-state index contributed by atoms with van der Waals surface area (Å²) >= 11 is 3.82. The van der Waals surface area contributed by atoms with Crippen LogP contribution in [0.1, 0.15) is 6.92 Å². The zero-order valence-corrected chi connectivity index (χ0v) is 5.31. The summed E-state index contributed by atoms with van der Waals surface area (Å²) in [6.45, 7) is 1.73. The molecule has 0 N–H and O–H groups in total. The Morgan fingerprint density at radius 2 is 2.50 bits per heavy atom. The van der Waals surface area contributed by atoms with Gasteiger partial charge in [-0.2, -0.15) is 0 Å². The zero-order valence-electron chi connectivity index (χ0n) is 4.42. The van der Waals surface area contributed by atoms with E-state index in [2.05, 4.69) is 12.6 Å². The number of thiol groups is 1. The van der Waals surface area contributed by atoms with Crippen LogP contribution in [-0.2, 0) is 9.53 Å². The smallest absolute Gasteiger partial charge is 0.209 e. The molecule has 0 amide bonds. The molecule has 1 rings (SSSR count). The van der Waals surface area contributed by atoms with Crippen LogP contribution in [0.4, 0.5) is 0 Å². The second-order valence-electron chi connectivity index (χ2n) is 1.63. The lowest BCUT2D eigenvalue weighted by atomic mass is 10.4. The molecule has 1 atom stereocenters. The molecule has 0 aromatic carbocycles. The minimum atomic E-state index is -0.546. The Balaban J connectivity index is 2.70. The van der Waals surface area contributed by atoms with Gasteiger partial charge in [0.1, 0.15) is 0 Å². The minimum absolute atomic E-state index is 0.0640. The second-order valence-corrected chi connectivity index (χ2v) is 2.10. The maximum absolute atomic E-state index is 10.5. The molecule has 1 aliphatic rings. The molecule has 0 bridgehead atoms. The lowest BCUT2D eigenvalue weighted by Gasteiger charge is -1.99. The van der Waals surface area contributed by atoms with Gasteiger partial charge in [0, 0.05) is 6.08 Å². The number of ketones is 1. The first-order valence-electron chi connectivity index (χ1n) is 2.27. The van der Waals surface area contributed by atoms with E-state index >= 15 is 0 Å². The number of carbonyl (C=O) groups is 1. The van der Waals surface area contributed by atoms with Crippen molar-refractivity contribution < 1.29 is 9.53 Å². The topological polar surface area (TPSA) is 26.3 Å². The third kappa shape index (κ3) is 0.865. The first-order chi connectivity index (χ1) is 3.70. The standard InChI is InChI=1S/C5H6O2S/c1-3-2-4(6)5(8)7-3/h2,5,8H,1H3. The first-order valence-corrected chi connectivity index (χ1v) is 2.78. The average Bonchev–Trinajstić information content (AvgIpc) is 1.85. The zero-order chi connectivity index (χ0) is 6.15. The Morgan fingerprint density at radius 3 is 2.62 bits per heavy atom. The number of hydrogen-bond acceptors (Lipinski definition) is 3. The van der Waals surface area contributed by atoms with E-state index in [0.717, 1.165) is 0 Å². The Kier molecular flexibility index (Phi) is 1.29. The number of ether oxygens (including phenoxy) is 1. The van der Waals surface area contributed by atoms with Crippen molar-refractivity contribution in [3.05, 3.63) is 11.8 Å². The highest BCUT2D eigenvalue weighted by Gasteiger charge is 2.19. The molecule has 0 saturated heterocycles. The largest absolute Gasteiger partial charge is 0.476 e. The van der Waals surface area contributed by atoms with Gasteiger partial charge in [-0.15, -0.1) is 12.6 Å². The molecule has 0 aromatic rings. The van der Waals surface area contributed by atoms with E-state index in [4.69, 9.17) is 4.74 Å². The summed E-state index contributed by atoms with van der Waals surface area (Å²) in [7, 11) is 0. The van der Waals surface area contributed by atoms with Gasteiger partial charge in [0.05, 0.1) is 5.76 Å². The van der Waals surface area contributed by atoms with Crippen molar-refractivity contribution in [1.82, 2.24) is 0 Å². The van der Waals surface area contributed by atoms with Crippen LogP contribution in [0.25, 0.3) is 0 Å². The number of allylic oxidation sites excluding steroid dienone is 1. The molecule has 3 heteroatoms. The molecule has 0 fully saturated rings. The summed E-state index contributed by atoms with van der Waals surface area (Å²) in [6, 6.07) is 0. The summed E-state index contributed by atoms with van der Waals surface area (Å²) in [5, 5.41) is 0. The van der Waals surface area contributed by atoms with E-state index < -0.39 is 5.44 Å². The highest BCUT2D eigenvalue weighted by Crippen LogP contribution is 2.14. The molecule has 2 nitrogen and oxygen atoms in total. The molecule has 0 spiro atoms. The van der Waals surface area contributed by atoms with Crippen molar-refractivity contribution in [2.24, 2.45) is 0 Å². The summed E-state index contributed by atoms with van der Waals surface area (Å²) < 4.78 is 4.85. The lowest BCUT2D eigenvalue weighted by molar-refractivity contribution is -0.117. The summed E-state index contributed by atoms with van der Waals surface area (Å²) in [4.78, 5) is 10.5. The van der Waals surface area contributed by atoms with Gasteiger partial charge in [-0.3, -0.25) is 4.79 Å². The van der Waals surface area contributed by atoms with Crippen molar-refractivity contribution in [3.63, 3.8) is 0 Å². The highest BCUT2D eigenvalue weighted by atomic mass is 32.1. The fourth-order valence-corrected chi connectivity index (χ4v) is 0.781. The van der Waals surface area contributed by atoms with E-state index in [1.165, 1.54) is 6.08 Å². The fraction of sp³-hybridized carbons (Fsp3) is 0.400. The minimum Gasteiger partial charge on any atom is -0.476 e. The molecule has 8 heavy (non-hydrogen) atoms. The van der Waals surface area contributed by atoms with Gasteiger partial charge >= 0.3 is 0 Å². The molecular weight excluding hydrogens is 124 g/mol. The molecule has 0 saturated carbocycles. The number of carbonyl (C=O) groups excluding carboxylic acids is 1. The van der Waals surface area contributed by atoms with Crippen LogP contribution in [0, 0.1) is 0 Å². The van der Waals surface area contributed by atoms with Crippen molar-refractivity contribution in [1.29, 1.82) is 0 Å². The van der Waals surface area contributed by atoms with Crippen molar-refractivity contribution in [2.75, 3.05) is 0 Å². The third-order valence-electron chi connectivity index (χ3n) is 0.886. The molecule has 1 heterocycles. The molecule has 0 aliphatic carbocycles. The SMILES string of the molecule is CC1=CC(=O)C(S)O1. The maximum atomic E-state index is 10.5. The monoisotopic (exact) mass is 130 g/mol. The molecule has 1 unspecified atom stereocenters. The predicted octanol–water partition coefficient (Wildman–Crippen LogP) is 0.745. The van der Waals surface area contributed by atoms with E-state index in [-0.39, 0.29) is 5.78 Å². The molecule has 1 aliphatic heterocycles. The van der Waals surface area contributed by atoms with Gasteiger partial charge in [-0.25, -0.2) is 0 Å². The first kappa shape index (κ1) is 5.69. The third-order valence-corrected chi connectivity index (χ3v) is 1.25. The van der Waals surface area contributed by atoms with Crippen LogP contribution in [0.15, 0.2) is 11.8 Å². The van der Waals surface area contributed by atoms with E-state index in [0.29, 0.717) is 5.76 Å². The summed E-state index contributed by atoms with van der Waals surface area (Å²) in [5.74, 6) is 0.584. The van der Waals surface area contributed by atoms with E-state index in [1.807, 2.05) is 0 Å². The van der Waals surface area contributed by atoms with E-state index in [9.17, 15) is 4.79 Å². The second kappa shape index (κ2) is 1.82. The Hall–Kier alpha value is -0.440. The summed E-state index contributed by atoms with van der Waals surface area (Å²) in [5.41, 5.74) is -0.546. The molecule has 0 aromatic heterocycles. The van der Waals surface area contributed by atoms with Gasteiger partial charge < -0.3 is 4.74 Å². The maximum Gasteiger partial charge on any atom is 0.209 e. The number of hydrogen-bond donors (Lipinski definition) is 1. The van der Waals surface area contributed by atoms with Crippen molar-refractivity contribution in [2.45, 2.75) is 12.4 Å². The molecular formula is C5H6O2S. The van der Waals surface area contributed by atoms with Gasteiger partial charge in [0.15, 0.2) is 0 Å². The predicted molar refractivity (Wildman–Crippen MR) is 32.6 cm³/mol. The van der Waals surface area contributed by atoms with Crippen LogP contribution in [0.3, 0.4) is 0 Å². The quantitative estimate of drug-likeness (QED) is 0.490. The average molecular weight is 130 g/mol. The summed E-state index contributed by atoms with van der Waals surface area (Å²) in [6.07, 6.45) is 1.44. The Bertz CT molecular complexity index is 151. The van der Waals surface area contributed by atoms with Crippen molar-refractivity contribution >= 4 is 18.4 Å². The van der Waals surface area contributed by atoms with Gasteiger partial charge in [0.2, 0.25) is 11.2 Å². The van der Waals surface area contributed by atoms with Crippen LogP contribution in [-0.4, -0.2) is 11.2 Å². The van der Waals surface area contributed by atoms with Gasteiger partial charge in [-0.1, -0.05) is 0 Å². The Morgan fingerprint density at radius 1 is 1.88 bits per heavy atom. The van der Waals surface area contributed by atoms with E-state index in [1.54, 1.807) is 6.92 Å². The molecule has 44 valence electrons. The Labute approximate surface area is 52.9 Å².